The molecule has 2 unspecified atom stereocenters. The van der Waals surface area contributed by atoms with Crippen LogP contribution in [0.1, 0.15) is 57.6 Å². The van der Waals surface area contributed by atoms with Gasteiger partial charge in [0.15, 0.2) is 0 Å². The average molecular weight is 352 g/mol. The van der Waals surface area contributed by atoms with Crippen LogP contribution in [0.25, 0.3) is 0 Å². The molecule has 1 aliphatic carbocycles. The van der Waals surface area contributed by atoms with Crippen LogP contribution in [0.15, 0.2) is 28.7 Å². The summed E-state index contributed by atoms with van der Waals surface area (Å²) >= 11 is 3.51. The maximum Gasteiger partial charge on any atom is 0.0983 e. The van der Waals surface area contributed by atoms with Crippen LogP contribution >= 0.6 is 15.9 Å². The molecule has 1 aromatic rings. The smallest absolute Gasteiger partial charge is 0.0983 e. The van der Waals surface area contributed by atoms with Crippen molar-refractivity contribution in [1.82, 2.24) is 5.32 Å². The Bertz CT molecular complexity index is 465. The van der Waals surface area contributed by atoms with Crippen molar-refractivity contribution in [2.75, 3.05) is 6.54 Å². The Labute approximate surface area is 136 Å². The predicted octanol–water partition coefficient (Wildman–Crippen LogP) is 4.84. The van der Waals surface area contributed by atoms with Gasteiger partial charge in [0.25, 0.3) is 0 Å². The average Bonchev–Trinajstić information content (AvgIpc) is 2.52. The molecule has 2 atom stereocenters. The van der Waals surface area contributed by atoms with E-state index in [-0.39, 0.29) is 11.7 Å². The first-order valence-corrected chi connectivity index (χ1v) is 9.08. The van der Waals surface area contributed by atoms with Gasteiger partial charge in [-0.1, -0.05) is 41.4 Å². The largest absolute Gasteiger partial charge is 0.364 e. The lowest BCUT2D eigenvalue weighted by atomic mass is 9.76. The molecule has 3 rings (SSSR count). The minimum absolute atomic E-state index is 0.0654. The van der Waals surface area contributed by atoms with Gasteiger partial charge in [-0.2, -0.15) is 0 Å². The van der Waals surface area contributed by atoms with E-state index in [0.29, 0.717) is 6.04 Å². The second-order valence-electron chi connectivity index (χ2n) is 6.79. The third-order valence-electron chi connectivity index (χ3n) is 5.37. The first-order chi connectivity index (χ1) is 10.1. The molecule has 1 aromatic carbocycles. The lowest BCUT2D eigenvalue weighted by molar-refractivity contribution is -0.156. The van der Waals surface area contributed by atoms with E-state index >= 15 is 0 Å². The summed E-state index contributed by atoms with van der Waals surface area (Å²) in [6.45, 7) is 5.56. The van der Waals surface area contributed by atoms with Gasteiger partial charge in [-0.05, 0) is 56.2 Å². The van der Waals surface area contributed by atoms with Crippen LogP contribution in [0.2, 0.25) is 0 Å². The van der Waals surface area contributed by atoms with Gasteiger partial charge >= 0.3 is 0 Å². The van der Waals surface area contributed by atoms with Crippen LogP contribution in [-0.4, -0.2) is 18.2 Å². The lowest BCUT2D eigenvalue weighted by Crippen LogP contribution is -2.56. The molecule has 1 saturated carbocycles. The Hall–Kier alpha value is -0.380. The third kappa shape index (κ3) is 3.35. The van der Waals surface area contributed by atoms with Crippen molar-refractivity contribution < 1.29 is 4.74 Å². The van der Waals surface area contributed by atoms with Gasteiger partial charge in [0, 0.05) is 17.1 Å². The quantitative estimate of drug-likeness (QED) is 0.823. The van der Waals surface area contributed by atoms with E-state index < -0.39 is 0 Å². The third-order valence-corrected chi connectivity index (χ3v) is 5.90. The first-order valence-electron chi connectivity index (χ1n) is 8.28. The van der Waals surface area contributed by atoms with Crippen molar-refractivity contribution in [1.29, 1.82) is 0 Å². The van der Waals surface area contributed by atoms with Crippen molar-refractivity contribution in [2.45, 2.75) is 63.7 Å². The SMILES string of the molecule is CCC1CCC2(CC1)CNC(C)C(c1ccc(Br)cc1)O2. The predicted molar refractivity (Wildman–Crippen MR) is 90.4 cm³/mol. The number of hydrogen-bond acceptors (Lipinski definition) is 2. The van der Waals surface area contributed by atoms with E-state index in [0.717, 1.165) is 16.9 Å². The molecule has 0 aromatic heterocycles. The van der Waals surface area contributed by atoms with Crippen LogP contribution in [0, 0.1) is 5.92 Å². The zero-order valence-corrected chi connectivity index (χ0v) is 14.7. The Kier molecular flexibility index (Phi) is 4.72. The van der Waals surface area contributed by atoms with E-state index in [1.807, 2.05) is 0 Å². The van der Waals surface area contributed by atoms with Crippen LogP contribution < -0.4 is 5.32 Å². The maximum atomic E-state index is 6.67. The summed E-state index contributed by atoms with van der Waals surface area (Å²) in [5.41, 5.74) is 1.35. The van der Waals surface area contributed by atoms with Crippen molar-refractivity contribution in [3.63, 3.8) is 0 Å². The number of halogens is 1. The fourth-order valence-corrected chi connectivity index (χ4v) is 4.05. The van der Waals surface area contributed by atoms with E-state index in [1.54, 1.807) is 0 Å². The molecule has 2 aliphatic rings. The van der Waals surface area contributed by atoms with Crippen molar-refractivity contribution in [2.24, 2.45) is 5.92 Å². The monoisotopic (exact) mass is 351 g/mol. The molecule has 2 nitrogen and oxygen atoms in total. The van der Waals surface area contributed by atoms with Gasteiger partial charge < -0.3 is 10.1 Å². The first kappa shape index (κ1) is 15.5. The van der Waals surface area contributed by atoms with Gasteiger partial charge in [-0.25, -0.2) is 0 Å². The molecule has 0 amide bonds. The summed E-state index contributed by atoms with van der Waals surface area (Å²) in [5.74, 6) is 0.907. The molecule has 1 saturated heterocycles. The molecule has 2 fully saturated rings. The summed E-state index contributed by atoms with van der Waals surface area (Å²) in [5, 5.41) is 3.70. The summed E-state index contributed by atoms with van der Waals surface area (Å²) in [7, 11) is 0. The fourth-order valence-electron chi connectivity index (χ4n) is 3.78. The molecular weight excluding hydrogens is 326 g/mol. The molecule has 1 aliphatic heterocycles. The summed E-state index contributed by atoms with van der Waals surface area (Å²) in [4.78, 5) is 0. The summed E-state index contributed by atoms with van der Waals surface area (Å²) < 4.78 is 7.79. The Morgan fingerprint density at radius 1 is 1.24 bits per heavy atom. The minimum atomic E-state index is 0.0654. The molecule has 0 radical (unpaired) electrons. The minimum Gasteiger partial charge on any atom is -0.364 e. The number of morpholine rings is 1. The van der Waals surface area contributed by atoms with Crippen LogP contribution in [0.3, 0.4) is 0 Å². The highest BCUT2D eigenvalue weighted by atomic mass is 79.9. The molecule has 21 heavy (non-hydrogen) atoms. The highest BCUT2D eigenvalue weighted by Gasteiger charge is 2.42. The normalized spacial score (nSPS) is 36.8. The Morgan fingerprint density at radius 3 is 2.52 bits per heavy atom. The van der Waals surface area contributed by atoms with Crippen molar-refractivity contribution >= 4 is 15.9 Å². The molecule has 1 N–H and O–H groups in total. The van der Waals surface area contributed by atoms with E-state index in [4.69, 9.17) is 4.74 Å². The number of rotatable bonds is 2. The summed E-state index contributed by atoms with van der Waals surface area (Å²) in [6.07, 6.45) is 6.54. The molecular formula is C18H26BrNO. The Balaban J connectivity index is 1.74. The van der Waals surface area contributed by atoms with E-state index in [9.17, 15) is 0 Å². The van der Waals surface area contributed by atoms with Gasteiger partial charge in [-0.15, -0.1) is 0 Å². The summed E-state index contributed by atoms with van der Waals surface area (Å²) in [6, 6.07) is 8.97. The zero-order valence-electron chi connectivity index (χ0n) is 13.1. The topological polar surface area (TPSA) is 21.3 Å². The van der Waals surface area contributed by atoms with Crippen LogP contribution in [0.5, 0.6) is 0 Å². The molecule has 3 heteroatoms. The van der Waals surface area contributed by atoms with Gasteiger partial charge in [-0.3, -0.25) is 0 Å². The fraction of sp³-hybridized carbons (Fsp3) is 0.667. The van der Waals surface area contributed by atoms with Gasteiger partial charge in [0.1, 0.15) is 0 Å². The second-order valence-corrected chi connectivity index (χ2v) is 7.71. The highest BCUT2D eigenvalue weighted by molar-refractivity contribution is 9.10. The van der Waals surface area contributed by atoms with E-state index in [1.165, 1.54) is 37.7 Å². The standard InChI is InChI=1S/C18H26BrNO/c1-3-14-8-10-18(11-9-14)12-20-13(2)17(21-18)15-4-6-16(19)7-5-15/h4-7,13-14,17,20H,3,8-12H2,1-2H3. The van der Waals surface area contributed by atoms with Crippen molar-refractivity contribution in [3.05, 3.63) is 34.3 Å². The highest BCUT2D eigenvalue weighted by Crippen LogP contribution is 2.42. The Morgan fingerprint density at radius 2 is 1.90 bits per heavy atom. The van der Waals surface area contributed by atoms with Crippen molar-refractivity contribution in [3.8, 4) is 0 Å². The number of nitrogens with one attached hydrogen (secondary N) is 1. The molecule has 0 bridgehead atoms. The van der Waals surface area contributed by atoms with Crippen LogP contribution in [0.4, 0.5) is 0 Å². The number of benzene rings is 1. The van der Waals surface area contributed by atoms with Crippen LogP contribution in [-0.2, 0) is 4.74 Å². The maximum absolute atomic E-state index is 6.67. The number of hydrogen-bond donors (Lipinski definition) is 1. The van der Waals surface area contributed by atoms with E-state index in [2.05, 4.69) is 59.4 Å². The van der Waals surface area contributed by atoms with Gasteiger partial charge in [0.2, 0.25) is 0 Å². The lowest BCUT2D eigenvalue weighted by Gasteiger charge is -2.48. The second kappa shape index (κ2) is 6.39. The molecule has 1 heterocycles. The molecule has 1 spiro atoms. The number of ether oxygens (including phenoxy) is 1. The van der Waals surface area contributed by atoms with Gasteiger partial charge in [0.05, 0.1) is 11.7 Å². The zero-order chi connectivity index (χ0) is 14.9. The molecule has 116 valence electrons.